The summed E-state index contributed by atoms with van der Waals surface area (Å²) < 4.78 is 12.1. The maximum absolute atomic E-state index is 6.27. The van der Waals surface area contributed by atoms with Gasteiger partial charge in [-0.1, -0.05) is 56.7 Å². The first-order valence-electron chi connectivity index (χ1n) is 11.2. The largest absolute Gasteiger partial charge is 0.488 e. The van der Waals surface area contributed by atoms with E-state index >= 15 is 0 Å². The van der Waals surface area contributed by atoms with E-state index in [1.165, 1.54) is 16.1 Å². The number of para-hydroxylation sites is 2. The van der Waals surface area contributed by atoms with Gasteiger partial charge in [-0.3, -0.25) is 0 Å². The highest BCUT2D eigenvalue weighted by Crippen LogP contribution is 2.37. The number of benzene rings is 2. The van der Waals surface area contributed by atoms with Crippen molar-refractivity contribution in [2.75, 3.05) is 26.8 Å². The van der Waals surface area contributed by atoms with E-state index in [-0.39, 0.29) is 11.5 Å². The first-order chi connectivity index (χ1) is 15.6. The predicted molar refractivity (Wildman–Crippen MR) is 130 cm³/mol. The summed E-state index contributed by atoms with van der Waals surface area (Å²) in [5.74, 6) is 7.07. The van der Waals surface area contributed by atoms with Gasteiger partial charge in [0.15, 0.2) is 11.5 Å². The van der Waals surface area contributed by atoms with Crippen LogP contribution in [-0.4, -0.2) is 36.8 Å². The second-order valence-electron chi connectivity index (χ2n) is 9.52. The standard InChI is InChI=1S/C25H37N5O3/c1-18-10-11-19(24(25(2,3)4)32-17-21(26)16-29(5)27)14-20(18)15-30-12-13-31-22-8-6-7-9-23(22)33-28-30/h6-11,14,16,24,28H,12-13,15,17,26-27H2,1-5H3/b21-16-. The Hall–Kier alpha value is -2.78. The molecule has 2 aromatic rings. The summed E-state index contributed by atoms with van der Waals surface area (Å²) in [7, 11) is 1.73. The van der Waals surface area contributed by atoms with Crippen molar-refractivity contribution in [1.29, 1.82) is 0 Å². The van der Waals surface area contributed by atoms with E-state index in [9.17, 15) is 0 Å². The van der Waals surface area contributed by atoms with Crippen LogP contribution in [0.15, 0.2) is 54.4 Å². The van der Waals surface area contributed by atoms with Gasteiger partial charge in [0.1, 0.15) is 6.61 Å². The summed E-state index contributed by atoms with van der Waals surface area (Å²) in [6, 6.07) is 14.1. The minimum absolute atomic E-state index is 0.124. The van der Waals surface area contributed by atoms with Crippen molar-refractivity contribution in [3.63, 3.8) is 0 Å². The van der Waals surface area contributed by atoms with E-state index in [0.717, 1.165) is 11.3 Å². The molecule has 0 spiro atoms. The van der Waals surface area contributed by atoms with Gasteiger partial charge in [-0.05, 0) is 41.2 Å². The second kappa shape index (κ2) is 10.9. The van der Waals surface area contributed by atoms with E-state index in [4.69, 9.17) is 25.9 Å². The Labute approximate surface area is 197 Å². The molecule has 0 fully saturated rings. The summed E-state index contributed by atoms with van der Waals surface area (Å²) >= 11 is 0. The molecule has 0 bridgehead atoms. The van der Waals surface area contributed by atoms with E-state index in [1.807, 2.05) is 29.3 Å². The summed E-state index contributed by atoms with van der Waals surface area (Å²) in [5, 5.41) is 3.43. The van der Waals surface area contributed by atoms with Crippen molar-refractivity contribution in [2.45, 2.75) is 40.3 Å². The molecule has 1 unspecified atom stereocenters. The molecule has 2 aromatic carbocycles. The van der Waals surface area contributed by atoms with Crippen LogP contribution in [0, 0.1) is 12.3 Å². The molecule has 1 heterocycles. The molecule has 1 aliphatic rings. The normalized spacial score (nSPS) is 16.1. The highest BCUT2D eigenvalue weighted by molar-refractivity contribution is 5.39. The van der Waals surface area contributed by atoms with Crippen molar-refractivity contribution in [1.82, 2.24) is 15.6 Å². The minimum atomic E-state index is -0.140. The summed E-state index contributed by atoms with van der Waals surface area (Å²) in [6.07, 6.45) is 1.52. The number of aryl methyl sites for hydroxylation is 1. The van der Waals surface area contributed by atoms with Gasteiger partial charge >= 0.3 is 0 Å². The third-order valence-corrected chi connectivity index (χ3v) is 5.36. The van der Waals surface area contributed by atoms with Crippen LogP contribution in [0.3, 0.4) is 0 Å². The average Bonchev–Trinajstić information content (AvgIpc) is 2.71. The van der Waals surface area contributed by atoms with Crippen LogP contribution in [0.2, 0.25) is 0 Å². The second-order valence-corrected chi connectivity index (χ2v) is 9.52. The molecule has 0 aliphatic carbocycles. The summed E-state index contributed by atoms with van der Waals surface area (Å²) in [6.45, 7) is 10.8. The van der Waals surface area contributed by atoms with Crippen LogP contribution >= 0.6 is 0 Å². The molecule has 5 N–H and O–H groups in total. The van der Waals surface area contributed by atoms with Crippen molar-refractivity contribution in [2.24, 2.45) is 17.0 Å². The number of hydrogen-bond acceptors (Lipinski definition) is 8. The molecular formula is C25H37N5O3. The fourth-order valence-electron chi connectivity index (χ4n) is 3.75. The Morgan fingerprint density at radius 3 is 2.67 bits per heavy atom. The zero-order valence-electron chi connectivity index (χ0n) is 20.3. The highest BCUT2D eigenvalue weighted by atomic mass is 16.7. The molecule has 1 aliphatic heterocycles. The Morgan fingerprint density at radius 2 is 1.97 bits per heavy atom. The van der Waals surface area contributed by atoms with E-state index in [1.54, 1.807) is 13.2 Å². The van der Waals surface area contributed by atoms with Gasteiger partial charge in [0.25, 0.3) is 0 Å². The predicted octanol–water partition coefficient (Wildman–Crippen LogP) is 3.40. The van der Waals surface area contributed by atoms with Crippen molar-refractivity contribution < 1.29 is 14.3 Å². The first kappa shape index (κ1) is 24.9. The van der Waals surface area contributed by atoms with Crippen LogP contribution in [0.4, 0.5) is 0 Å². The number of hydrogen-bond donors (Lipinski definition) is 3. The zero-order chi connectivity index (χ0) is 24.0. The molecule has 1 atom stereocenters. The summed E-state index contributed by atoms with van der Waals surface area (Å²) in [4.78, 5) is 5.77. The molecule has 0 radical (unpaired) electrons. The molecule has 0 saturated carbocycles. The SMILES string of the molecule is Cc1ccc(C(OC/C(N)=C/N(C)N)C(C)(C)C)cc1CN1CCOc2ccccc2ON1. The van der Waals surface area contributed by atoms with Gasteiger partial charge in [-0.15, -0.1) is 0 Å². The van der Waals surface area contributed by atoms with Crippen molar-refractivity contribution in [3.05, 3.63) is 71.1 Å². The Bertz CT molecular complexity index is 955. The number of fused-ring (bicyclic) bond motifs is 1. The van der Waals surface area contributed by atoms with E-state index in [2.05, 4.69) is 51.5 Å². The number of ether oxygens (including phenoxy) is 2. The average molecular weight is 456 g/mol. The number of rotatable bonds is 7. The van der Waals surface area contributed by atoms with Crippen LogP contribution in [0.1, 0.15) is 43.6 Å². The van der Waals surface area contributed by atoms with Crippen molar-refractivity contribution >= 4 is 0 Å². The van der Waals surface area contributed by atoms with Crippen LogP contribution in [0.5, 0.6) is 11.5 Å². The fraction of sp³-hybridized carbons (Fsp3) is 0.440. The first-order valence-corrected chi connectivity index (χ1v) is 11.2. The summed E-state index contributed by atoms with van der Waals surface area (Å²) in [5.41, 5.74) is 13.1. The van der Waals surface area contributed by atoms with Crippen LogP contribution in [-0.2, 0) is 11.3 Å². The molecule has 8 nitrogen and oxygen atoms in total. The van der Waals surface area contributed by atoms with E-state index < -0.39 is 0 Å². The maximum atomic E-state index is 6.27. The van der Waals surface area contributed by atoms with Gasteiger partial charge in [0.05, 0.1) is 25.0 Å². The lowest BCUT2D eigenvalue weighted by molar-refractivity contribution is -0.0235. The Kier molecular flexibility index (Phi) is 8.20. The monoisotopic (exact) mass is 455 g/mol. The van der Waals surface area contributed by atoms with Gasteiger partial charge in [-0.25, -0.2) is 10.9 Å². The molecule has 33 heavy (non-hydrogen) atoms. The lowest BCUT2D eigenvalue weighted by atomic mass is 9.83. The third-order valence-electron chi connectivity index (χ3n) is 5.36. The van der Waals surface area contributed by atoms with Crippen LogP contribution < -0.4 is 26.7 Å². The Balaban J connectivity index is 1.75. The quantitative estimate of drug-likeness (QED) is 0.432. The topological polar surface area (TPSA) is 98.2 Å². The number of nitrogens with zero attached hydrogens (tertiary/aromatic N) is 2. The molecule has 0 aromatic heterocycles. The molecule has 8 heteroatoms. The number of nitrogens with one attached hydrogen (secondary N) is 1. The fourth-order valence-corrected chi connectivity index (χ4v) is 3.75. The Morgan fingerprint density at radius 1 is 1.24 bits per heavy atom. The van der Waals surface area contributed by atoms with Gasteiger partial charge in [0.2, 0.25) is 0 Å². The molecular weight excluding hydrogens is 418 g/mol. The van der Waals surface area contributed by atoms with Crippen molar-refractivity contribution in [3.8, 4) is 11.5 Å². The smallest absolute Gasteiger partial charge is 0.190 e. The third kappa shape index (κ3) is 7.10. The number of nitrogens with two attached hydrogens (primary N) is 2. The highest BCUT2D eigenvalue weighted by Gasteiger charge is 2.28. The maximum Gasteiger partial charge on any atom is 0.190 e. The lowest BCUT2D eigenvalue weighted by Gasteiger charge is -2.32. The van der Waals surface area contributed by atoms with Gasteiger partial charge < -0.3 is 25.1 Å². The van der Waals surface area contributed by atoms with Gasteiger partial charge in [0, 0.05) is 19.8 Å². The molecule has 0 amide bonds. The van der Waals surface area contributed by atoms with Crippen LogP contribution in [0.25, 0.3) is 0 Å². The lowest BCUT2D eigenvalue weighted by Crippen LogP contribution is -2.43. The molecule has 0 saturated heterocycles. The molecule has 3 rings (SSSR count). The van der Waals surface area contributed by atoms with Gasteiger partial charge in [-0.2, -0.15) is 0 Å². The molecule has 180 valence electrons. The minimum Gasteiger partial charge on any atom is -0.488 e. The zero-order valence-corrected chi connectivity index (χ0v) is 20.3. The van der Waals surface area contributed by atoms with E-state index in [0.29, 0.717) is 37.7 Å². The number of hydrazine groups is 2.